The van der Waals surface area contributed by atoms with E-state index < -0.39 is 5.60 Å². The molecule has 1 aliphatic heterocycles. The summed E-state index contributed by atoms with van der Waals surface area (Å²) >= 11 is 0. The Kier molecular flexibility index (Phi) is 6.54. The highest BCUT2D eigenvalue weighted by atomic mass is 16.5. The molecule has 1 N–H and O–H groups in total. The summed E-state index contributed by atoms with van der Waals surface area (Å²) in [6, 6.07) is 28.9. The topological polar surface area (TPSA) is 68.9 Å². The molecule has 0 amide bonds. The molecule has 5 heteroatoms. The Bertz CT molecular complexity index is 1560. The molecule has 0 atom stereocenters. The van der Waals surface area contributed by atoms with Gasteiger partial charge in [-0.05, 0) is 63.9 Å². The molecule has 1 aromatic heterocycles. The number of ketones is 1. The van der Waals surface area contributed by atoms with Crippen molar-refractivity contribution in [1.82, 2.24) is 0 Å². The lowest BCUT2D eigenvalue weighted by molar-refractivity contribution is -0.0679. The van der Waals surface area contributed by atoms with Gasteiger partial charge in [-0.15, -0.1) is 0 Å². The van der Waals surface area contributed by atoms with Crippen molar-refractivity contribution in [1.29, 1.82) is 0 Å². The second-order valence-corrected chi connectivity index (χ2v) is 9.75. The van der Waals surface area contributed by atoms with Gasteiger partial charge in [0.25, 0.3) is 0 Å². The molecule has 0 unspecified atom stereocenters. The lowest BCUT2D eigenvalue weighted by atomic mass is 9.86. The molecule has 190 valence electrons. The van der Waals surface area contributed by atoms with E-state index in [4.69, 9.17) is 13.9 Å². The highest BCUT2D eigenvalue weighted by Crippen LogP contribution is 2.35. The van der Waals surface area contributed by atoms with Gasteiger partial charge in [0.1, 0.15) is 12.4 Å². The van der Waals surface area contributed by atoms with Crippen LogP contribution in [0.15, 0.2) is 108 Å². The lowest BCUT2D eigenvalue weighted by Crippen LogP contribution is -2.33. The molecule has 5 nitrogen and oxygen atoms in total. The minimum absolute atomic E-state index is 0.0357. The maximum absolute atomic E-state index is 13.3. The van der Waals surface area contributed by atoms with Crippen molar-refractivity contribution in [2.75, 3.05) is 13.2 Å². The van der Waals surface area contributed by atoms with Crippen LogP contribution in [0.25, 0.3) is 21.9 Å². The number of furan rings is 1. The largest absolute Gasteiger partial charge is 0.489 e. The maximum atomic E-state index is 13.3. The van der Waals surface area contributed by atoms with E-state index in [0.717, 1.165) is 33.0 Å². The third-order valence-corrected chi connectivity index (χ3v) is 7.24. The van der Waals surface area contributed by atoms with Crippen molar-refractivity contribution in [3.63, 3.8) is 0 Å². The van der Waals surface area contributed by atoms with Crippen LogP contribution in [-0.2, 0) is 16.9 Å². The molecule has 6 rings (SSSR count). The molecule has 5 aromatic rings. The van der Waals surface area contributed by atoms with Gasteiger partial charge in [0.05, 0.1) is 18.1 Å². The zero-order valence-electron chi connectivity index (χ0n) is 20.9. The normalized spacial score (nSPS) is 14.9. The van der Waals surface area contributed by atoms with Crippen LogP contribution >= 0.6 is 0 Å². The van der Waals surface area contributed by atoms with E-state index in [9.17, 15) is 9.90 Å². The van der Waals surface area contributed by atoms with Gasteiger partial charge in [-0.1, -0.05) is 54.6 Å². The molecule has 0 spiro atoms. The summed E-state index contributed by atoms with van der Waals surface area (Å²) < 4.78 is 16.9. The molecular weight excluding hydrogens is 476 g/mol. The Morgan fingerprint density at radius 1 is 0.868 bits per heavy atom. The van der Waals surface area contributed by atoms with Crippen molar-refractivity contribution < 1.29 is 23.8 Å². The summed E-state index contributed by atoms with van der Waals surface area (Å²) in [5.41, 5.74) is 4.11. The number of rotatable bonds is 7. The molecular formula is C33H28O5. The number of carbonyl (C=O) groups excluding carboxylic acids is 1. The van der Waals surface area contributed by atoms with Crippen molar-refractivity contribution in [2.24, 2.45) is 0 Å². The van der Waals surface area contributed by atoms with Gasteiger partial charge in [-0.3, -0.25) is 4.79 Å². The zero-order chi connectivity index (χ0) is 26.0. The fourth-order valence-corrected chi connectivity index (χ4v) is 5.10. The van der Waals surface area contributed by atoms with Crippen LogP contribution in [0.4, 0.5) is 0 Å². The fourth-order valence-electron chi connectivity index (χ4n) is 5.10. The first-order valence-electron chi connectivity index (χ1n) is 12.8. The van der Waals surface area contributed by atoms with Crippen LogP contribution in [0.5, 0.6) is 5.75 Å². The highest BCUT2D eigenvalue weighted by molar-refractivity contribution is 6.13. The number of ether oxygens (including phenoxy) is 2. The van der Waals surface area contributed by atoms with E-state index in [1.165, 1.54) is 0 Å². The van der Waals surface area contributed by atoms with Gasteiger partial charge in [0.15, 0.2) is 5.78 Å². The predicted molar refractivity (Wildman–Crippen MR) is 146 cm³/mol. The zero-order valence-corrected chi connectivity index (χ0v) is 20.9. The second-order valence-electron chi connectivity index (χ2n) is 9.75. The molecule has 0 aliphatic carbocycles. The summed E-state index contributed by atoms with van der Waals surface area (Å²) in [4.78, 5) is 13.3. The van der Waals surface area contributed by atoms with Gasteiger partial charge in [-0.2, -0.15) is 0 Å². The summed E-state index contributed by atoms with van der Waals surface area (Å²) in [6.07, 6.45) is 4.50. The van der Waals surface area contributed by atoms with Gasteiger partial charge >= 0.3 is 0 Å². The third kappa shape index (κ3) is 4.86. The average molecular weight is 505 g/mol. The molecule has 2 heterocycles. The van der Waals surface area contributed by atoms with Crippen LogP contribution in [0, 0.1) is 0 Å². The fraction of sp³-hybridized carbons (Fsp3) is 0.182. The molecule has 1 saturated heterocycles. The first kappa shape index (κ1) is 24.2. The van der Waals surface area contributed by atoms with Gasteiger partial charge in [-0.25, -0.2) is 0 Å². The molecule has 0 bridgehead atoms. The van der Waals surface area contributed by atoms with Crippen LogP contribution in [0.3, 0.4) is 0 Å². The predicted octanol–water partition coefficient (Wildman–Crippen LogP) is 6.91. The summed E-state index contributed by atoms with van der Waals surface area (Å²) in [5.74, 6) is 0.668. The van der Waals surface area contributed by atoms with Gasteiger partial charge in [0, 0.05) is 42.7 Å². The number of hydrogen-bond donors (Lipinski definition) is 1. The van der Waals surface area contributed by atoms with E-state index in [1.54, 1.807) is 12.5 Å². The Morgan fingerprint density at radius 2 is 1.71 bits per heavy atom. The Labute approximate surface area is 221 Å². The molecule has 1 aliphatic rings. The number of hydrogen-bond acceptors (Lipinski definition) is 5. The van der Waals surface area contributed by atoms with Crippen LogP contribution < -0.4 is 4.74 Å². The van der Waals surface area contributed by atoms with E-state index in [0.29, 0.717) is 49.5 Å². The van der Waals surface area contributed by atoms with E-state index in [-0.39, 0.29) is 5.78 Å². The average Bonchev–Trinajstić information content (AvgIpc) is 3.51. The van der Waals surface area contributed by atoms with Crippen molar-refractivity contribution in [3.8, 4) is 16.9 Å². The summed E-state index contributed by atoms with van der Waals surface area (Å²) in [7, 11) is 0. The standard InChI is InChI=1S/C33H28O5/c34-32(24-6-2-1-3-7-24)27-18-26-19-29(9-10-30(26)31(20-27)25-11-14-37-22-25)38-21-23-5-4-8-28(17-23)33(35)12-15-36-16-13-33/h1-11,14,17-20,22,35H,12-13,15-16,21H2. The lowest BCUT2D eigenvalue weighted by Gasteiger charge is -2.32. The number of benzene rings is 4. The molecule has 38 heavy (non-hydrogen) atoms. The molecule has 1 fully saturated rings. The maximum Gasteiger partial charge on any atom is 0.193 e. The second kappa shape index (κ2) is 10.3. The molecule has 0 radical (unpaired) electrons. The van der Waals surface area contributed by atoms with E-state index in [1.807, 2.05) is 91.0 Å². The van der Waals surface area contributed by atoms with Crippen molar-refractivity contribution >= 4 is 16.6 Å². The quantitative estimate of drug-likeness (QED) is 0.244. The SMILES string of the molecule is O=C(c1ccccc1)c1cc(-c2ccoc2)c2ccc(OCc3cccc(C4(O)CCOCC4)c3)cc2c1. The monoisotopic (exact) mass is 504 g/mol. The first-order valence-corrected chi connectivity index (χ1v) is 12.8. The minimum atomic E-state index is -0.859. The molecule has 0 saturated carbocycles. The molecule has 4 aromatic carbocycles. The summed E-state index contributed by atoms with van der Waals surface area (Å²) in [5, 5.41) is 13.0. The number of aliphatic hydroxyl groups is 1. The Morgan fingerprint density at radius 3 is 2.50 bits per heavy atom. The van der Waals surface area contributed by atoms with Crippen LogP contribution in [0.1, 0.15) is 39.9 Å². The minimum Gasteiger partial charge on any atom is -0.489 e. The number of carbonyl (C=O) groups is 1. The highest BCUT2D eigenvalue weighted by Gasteiger charge is 2.31. The van der Waals surface area contributed by atoms with Crippen LogP contribution in [-0.4, -0.2) is 24.1 Å². The smallest absolute Gasteiger partial charge is 0.193 e. The van der Waals surface area contributed by atoms with E-state index >= 15 is 0 Å². The Balaban J connectivity index is 1.31. The van der Waals surface area contributed by atoms with Gasteiger partial charge in [0.2, 0.25) is 0 Å². The van der Waals surface area contributed by atoms with E-state index in [2.05, 4.69) is 0 Å². The third-order valence-electron chi connectivity index (χ3n) is 7.24. The van der Waals surface area contributed by atoms with Crippen molar-refractivity contribution in [2.45, 2.75) is 25.0 Å². The van der Waals surface area contributed by atoms with Crippen molar-refractivity contribution in [3.05, 3.63) is 126 Å². The summed E-state index contributed by atoms with van der Waals surface area (Å²) in [6.45, 7) is 1.48. The number of fused-ring (bicyclic) bond motifs is 1. The van der Waals surface area contributed by atoms with Crippen LogP contribution in [0.2, 0.25) is 0 Å². The Hall–Kier alpha value is -4.19. The van der Waals surface area contributed by atoms with Gasteiger partial charge < -0.3 is 19.0 Å². The first-order chi connectivity index (χ1) is 18.6.